The fraction of sp³-hybridized carbons (Fsp3) is 0.364. The van der Waals surface area contributed by atoms with Crippen molar-refractivity contribution < 1.29 is 9.59 Å². The van der Waals surface area contributed by atoms with Gasteiger partial charge in [0.2, 0.25) is 0 Å². The number of hydrogen-bond acceptors (Lipinski definition) is 3. The third-order valence-corrected chi connectivity index (χ3v) is 5.15. The van der Waals surface area contributed by atoms with E-state index in [4.69, 9.17) is 0 Å². The molecule has 26 heavy (non-hydrogen) atoms. The smallest absolute Gasteiger partial charge is 0.261 e. The fourth-order valence-corrected chi connectivity index (χ4v) is 3.40. The molecule has 2 aromatic rings. The number of nitrogens with zero attached hydrogens (tertiary/aromatic N) is 2. The van der Waals surface area contributed by atoms with Crippen molar-refractivity contribution in [2.75, 3.05) is 20.1 Å². The predicted octanol–water partition coefficient (Wildman–Crippen LogP) is 3.63. The summed E-state index contributed by atoms with van der Waals surface area (Å²) in [6.45, 7) is 3.68. The molecule has 4 heteroatoms. The van der Waals surface area contributed by atoms with E-state index in [0.717, 1.165) is 25.8 Å². The SMILES string of the molecule is C[C@H](Cc1ccccc1)N(C)CCCCN1C(=O)c2ccccc2C1=O. The molecule has 0 unspecified atom stereocenters. The Morgan fingerprint density at radius 3 is 2.08 bits per heavy atom. The number of amides is 2. The molecule has 0 bridgehead atoms. The van der Waals surface area contributed by atoms with E-state index in [0.29, 0.717) is 23.7 Å². The lowest BCUT2D eigenvalue weighted by atomic mass is 10.1. The van der Waals surface area contributed by atoms with Gasteiger partial charge >= 0.3 is 0 Å². The number of likely N-dealkylation sites (N-methyl/N-ethyl adjacent to an activating group) is 1. The van der Waals surface area contributed by atoms with Crippen LogP contribution in [0.2, 0.25) is 0 Å². The third-order valence-electron chi connectivity index (χ3n) is 5.15. The highest BCUT2D eigenvalue weighted by atomic mass is 16.2. The first-order valence-electron chi connectivity index (χ1n) is 9.27. The van der Waals surface area contributed by atoms with Crippen molar-refractivity contribution in [2.45, 2.75) is 32.2 Å². The molecule has 0 N–H and O–H groups in total. The number of carbonyl (C=O) groups is 2. The molecule has 0 aromatic heterocycles. The van der Waals surface area contributed by atoms with Crippen molar-refractivity contribution in [3.05, 3.63) is 71.3 Å². The molecule has 1 heterocycles. The lowest BCUT2D eigenvalue weighted by Gasteiger charge is -2.25. The Hall–Kier alpha value is -2.46. The first-order chi connectivity index (χ1) is 12.6. The molecule has 0 radical (unpaired) electrons. The van der Waals surface area contributed by atoms with Crippen molar-refractivity contribution >= 4 is 11.8 Å². The van der Waals surface area contributed by atoms with Crippen LogP contribution in [0.5, 0.6) is 0 Å². The van der Waals surface area contributed by atoms with Crippen molar-refractivity contribution in [1.82, 2.24) is 9.80 Å². The maximum absolute atomic E-state index is 12.3. The number of fused-ring (bicyclic) bond motifs is 1. The second kappa shape index (κ2) is 8.28. The van der Waals surface area contributed by atoms with Gasteiger partial charge in [-0.05, 0) is 57.5 Å². The van der Waals surface area contributed by atoms with Crippen LogP contribution in [-0.2, 0) is 6.42 Å². The molecule has 0 spiro atoms. The summed E-state index contributed by atoms with van der Waals surface area (Å²) in [6, 6.07) is 18.0. The maximum Gasteiger partial charge on any atom is 0.261 e. The summed E-state index contributed by atoms with van der Waals surface area (Å²) in [4.78, 5) is 28.4. The zero-order valence-corrected chi connectivity index (χ0v) is 15.5. The molecular formula is C22H26N2O2. The summed E-state index contributed by atoms with van der Waals surface area (Å²) in [5, 5.41) is 0. The molecule has 0 saturated carbocycles. The van der Waals surface area contributed by atoms with Crippen LogP contribution in [-0.4, -0.2) is 47.8 Å². The average Bonchev–Trinajstić information content (AvgIpc) is 2.90. The van der Waals surface area contributed by atoms with E-state index in [1.54, 1.807) is 24.3 Å². The third kappa shape index (κ3) is 4.02. The van der Waals surface area contributed by atoms with Gasteiger partial charge < -0.3 is 4.90 Å². The lowest BCUT2D eigenvalue weighted by Crippen LogP contribution is -2.33. The van der Waals surface area contributed by atoms with Gasteiger partial charge in [-0.2, -0.15) is 0 Å². The highest BCUT2D eigenvalue weighted by molar-refractivity contribution is 6.21. The second-order valence-corrected chi connectivity index (χ2v) is 7.03. The largest absolute Gasteiger partial charge is 0.303 e. The first-order valence-corrected chi connectivity index (χ1v) is 9.27. The summed E-state index contributed by atoms with van der Waals surface area (Å²) in [5.74, 6) is -0.312. The van der Waals surface area contributed by atoms with E-state index in [-0.39, 0.29) is 11.8 Å². The molecule has 136 valence electrons. The highest BCUT2D eigenvalue weighted by Crippen LogP contribution is 2.22. The molecule has 0 saturated heterocycles. The quantitative estimate of drug-likeness (QED) is 0.539. The zero-order valence-electron chi connectivity index (χ0n) is 15.5. The summed E-state index contributed by atoms with van der Waals surface area (Å²) < 4.78 is 0. The van der Waals surface area contributed by atoms with Crippen molar-refractivity contribution in [3.63, 3.8) is 0 Å². The van der Waals surface area contributed by atoms with Crippen LogP contribution in [0.25, 0.3) is 0 Å². The van der Waals surface area contributed by atoms with Gasteiger partial charge in [-0.25, -0.2) is 0 Å². The normalized spacial score (nSPS) is 14.8. The minimum absolute atomic E-state index is 0.156. The topological polar surface area (TPSA) is 40.6 Å². The van der Waals surface area contributed by atoms with E-state index in [9.17, 15) is 9.59 Å². The number of rotatable bonds is 8. The van der Waals surface area contributed by atoms with Gasteiger partial charge in [0.1, 0.15) is 0 Å². The number of imide groups is 1. The Morgan fingerprint density at radius 2 is 1.46 bits per heavy atom. The van der Waals surface area contributed by atoms with Crippen LogP contribution < -0.4 is 0 Å². The Kier molecular flexibility index (Phi) is 5.84. The van der Waals surface area contributed by atoms with Crippen LogP contribution >= 0.6 is 0 Å². The monoisotopic (exact) mass is 350 g/mol. The van der Waals surface area contributed by atoms with E-state index < -0.39 is 0 Å². The number of unbranched alkanes of at least 4 members (excludes halogenated alkanes) is 1. The first kappa shape index (κ1) is 18.3. The molecule has 1 aliphatic heterocycles. The van der Waals surface area contributed by atoms with E-state index in [1.807, 2.05) is 6.07 Å². The van der Waals surface area contributed by atoms with Crippen molar-refractivity contribution in [2.24, 2.45) is 0 Å². The molecule has 2 aromatic carbocycles. The summed E-state index contributed by atoms with van der Waals surface area (Å²) in [6.07, 6.45) is 2.81. The zero-order chi connectivity index (χ0) is 18.5. The molecule has 1 atom stereocenters. The maximum atomic E-state index is 12.3. The van der Waals surface area contributed by atoms with Gasteiger partial charge in [0, 0.05) is 12.6 Å². The van der Waals surface area contributed by atoms with Crippen molar-refractivity contribution in [3.8, 4) is 0 Å². The van der Waals surface area contributed by atoms with E-state index in [1.165, 1.54) is 10.5 Å². The van der Waals surface area contributed by atoms with Gasteiger partial charge in [0.15, 0.2) is 0 Å². The minimum Gasteiger partial charge on any atom is -0.303 e. The standard InChI is InChI=1S/C22H26N2O2/c1-17(16-18-10-4-3-5-11-18)23(2)14-8-9-15-24-21(25)19-12-6-7-13-20(19)22(24)26/h3-7,10-13,17H,8-9,14-16H2,1-2H3/t17-/m1/s1. The summed E-state index contributed by atoms with van der Waals surface area (Å²) in [7, 11) is 2.13. The molecule has 0 aliphatic carbocycles. The fourth-order valence-electron chi connectivity index (χ4n) is 3.40. The molecule has 0 fully saturated rings. The highest BCUT2D eigenvalue weighted by Gasteiger charge is 2.34. The van der Waals surface area contributed by atoms with Gasteiger partial charge in [0.25, 0.3) is 11.8 Å². The van der Waals surface area contributed by atoms with Gasteiger partial charge in [-0.1, -0.05) is 42.5 Å². The van der Waals surface area contributed by atoms with Crippen LogP contribution in [0.4, 0.5) is 0 Å². The Bertz CT molecular complexity index is 738. The van der Waals surface area contributed by atoms with Crippen molar-refractivity contribution in [1.29, 1.82) is 0 Å². The van der Waals surface area contributed by atoms with Crippen LogP contribution in [0, 0.1) is 0 Å². The molecule has 4 nitrogen and oxygen atoms in total. The van der Waals surface area contributed by atoms with Gasteiger partial charge in [-0.15, -0.1) is 0 Å². The Balaban J connectivity index is 1.43. The van der Waals surface area contributed by atoms with Crippen LogP contribution in [0.15, 0.2) is 54.6 Å². The molecular weight excluding hydrogens is 324 g/mol. The summed E-state index contributed by atoms with van der Waals surface area (Å²) in [5.41, 5.74) is 2.41. The van der Waals surface area contributed by atoms with E-state index >= 15 is 0 Å². The second-order valence-electron chi connectivity index (χ2n) is 7.03. The Labute approximate surface area is 155 Å². The number of carbonyl (C=O) groups excluding carboxylic acids is 2. The number of hydrogen-bond donors (Lipinski definition) is 0. The van der Waals surface area contributed by atoms with Gasteiger partial charge in [0.05, 0.1) is 11.1 Å². The molecule has 2 amide bonds. The average molecular weight is 350 g/mol. The number of benzene rings is 2. The van der Waals surface area contributed by atoms with Crippen LogP contribution in [0.3, 0.4) is 0 Å². The molecule has 3 rings (SSSR count). The predicted molar refractivity (Wildman–Crippen MR) is 103 cm³/mol. The molecule has 1 aliphatic rings. The lowest BCUT2D eigenvalue weighted by molar-refractivity contribution is 0.0650. The Morgan fingerprint density at radius 1 is 0.885 bits per heavy atom. The minimum atomic E-state index is -0.156. The van der Waals surface area contributed by atoms with Gasteiger partial charge in [-0.3, -0.25) is 14.5 Å². The van der Waals surface area contributed by atoms with Crippen LogP contribution in [0.1, 0.15) is 46.0 Å². The summed E-state index contributed by atoms with van der Waals surface area (Å²) >= 11 is 0. The van der Waals surface area contributed by atoms with E-state index in [2.05, 4.69) is 43.1 Å².